The van der Waals surface area contributed by atoms with Crippen LogP contribution in [0.3, 0.4) is 0 Å². The van der Waals surface area contributed by atoms with Gasteiger partial charge in [0, 0.05) is 51.9 Å². The Labute approximate surface area is 213 Å². The van der Waals surface area contributed by atoms with Crippen molar-refractivity contribution in [3.8, 4) is 5.75 Å². The van der Waals surface area contributed by atoms with Crippen molar-refractivity contribution in [3.05, 3.63) is 59.4 Å². The molecule has 0 aliphatic carbocycles. The maximum Gasteiger partial charge on any atom is 0.219 e. The van der Waals surface area contributed by atoms with Gasteiger partial charge in [-0.2, -0.15) is 0 Å². The highest BCUT2D eigenvalue weighted by molar-refractivity contribution is 5.73. The molecule has 0 radical (unpaired) electrons. The van der Waals surface area contributed by atoms with Gasteiger partial charge in [-0.1, -0.05) is 6.07 Å². The molecule has 36 heavy (non-hydrogen) atoms. The molecule has 2 aromatic rings. The molecule has 2 aliphatic rings. The lowest BCUT2D eigenvalue weighted by Crippen LogP contribution is -2.55. The number of rotatable bonds is 6. The summed E-state index contributed by atoms with van der Waals surface area (Å²) in [5.74, 6) is 0.341. The minimum Gasteiger partial charge on any atom is -0.490 e. The van der Waals surface area contributed by atoms with Crippen molar-refractivity contribution >= 4 is 11.6 Å². The molecule has 2 heterocycles. The predicted octanol–water partition coefficient (Wildman–Crippen LogP) is 2.75. The zero-order valence-electron chi connectivity index (χ0n) is 21.5. The quantitative estimate of drug-likeness (QED) is 0.637. The minimum atomic E-state index is -1.27. The van der Waals surface area contributed by atoms with Gasteiger partial charge in [-0.3, -0.25) is 9.69 Å². The number of hydrogen-bond donors (Lipinski definition) is 2. The third kappa shape index (κ3) is 6.75. The first kappa shape index (κ1) is 26.4. The number of aliphatic hydroxyl groups is 2. The summed E-state index contributed by atoms with van der Waals surface area (Å²) in [7, 11) is 0. The van der Waals surface area contributed by atoms with Crippen LogP contribution in [-0.4, -0.2) is 89.5 Å². The number of nitrogens with zero attached hydrogens (tertiary/aromatic N) is 3. The molecule has 0 spiro atoms. The number of ether oxygens (including phenoxy) is 1. The van der Waals surface area contributed by atoms with Crippen LogP contribution in [0.25, 0.3) is 0 Å². The van der Waals surface area contributed by atoms with Gasteiger partial charge in [0.2, 0.25) is 5.91 Å². The average molecular weight is 500 g/mol. The lowest BCUT2D eigenvalue weighted by molar-refractivity contribution is -0.132. The molecule has 2 N–H and O–H groups in total. The summed E-state index contributed by atoms with van der Waals surface area (Å²) in [6, 6.07) is 12.4. The first-order valence-electron chi connectivity index (χ1n) is 12.7. The van der Waals surface area contributed by atoms with Crippen LogP contribution in [0.2, 0.25) is 0 Å². The standard InChI is InChI=1S/C28H38FN3O4/c1-21-14-22(2)16-26(15-21)36-20-28(35)18-30(12-13-32(19-28)23(3)33)17-27(34)8-10-31(11-9-27)25-6-4-24(29)5-7-25/h4-7,14-16,34-35H,8-13,17-20H2,1-3H3. The molecular weight excluding hydrogens is 461 g/mol. The summed E-state index contributed by atoms with van der Waals surface area (Å²) in [6.45, 7) is 8.82. The highest BCUT2D eigenvalue weighted by Gasteiger charge is 2.41. The second-order valence-corrected chi connectivity index (χ2v) is 10.7. The third-order valence-electron chi connectivity index (χ3n) is 7.24. The highest BCUT2D eigenvalue weighted by Crippen LogP contribution is 2.29. The Balaban J connectivity index is 1.41. The maximum absolute atomic E-state index is 13.3. The zero-order chi connectivity index (χ0) is 25.9. The fourth-order valence-corrected chi connectivity index (χ4v) is 5.38. The normalized spacial score (nSPS) is 22.8. The molecule has 2 fully saturated rings. The number of anilines is 1. The van der Waals surface area contributed by atoms with Gasteiger partial charge in [-0.05, 0) is 74.2 Å². The summed E-state index contributed by atoms with van der Waals surface area (Å²) in [4.78, 5) is 18.1. The van der Waals surface area contributed by atoms with Crippen molar-refractivity contribution in [2.45, 2.75) is 44.8 Å². The number of piperidine rings is 1. The smallest absolute Gasteiger partial charge is 0.219 e. The van der Waals surface area contributed by atoms with E-state index in [9.17, 15) is 19.4 Å². The Morgan fingerprint density at radius 3 is 2.19 bits per heavy atom. The second kappa shape index (κ2) is 10.7. The number of carbonyl (C=O) groups excluding carboxylic acids is 1. The Hall–Kier alpha value is -2.68. The lowest BCUT2D eigenvalue weighted by atomic mass is 9.90. The number of hydrogen-bond acceptors (Lipinski definition) is 6. The maximum atomic E-state index is 13.3. The highest BCUT2D eigenvalue weighted by atomic mass is 19.1. The van der Waals surface area contributed by atoms with E-state index in [1.807, 2.05) is 26.0 Å². The zero-order valence-corrected chi connectivity index (χ0v) is 21.5. The van der Waals surface area contributed by atoms with Crippen LogP contribution in [0.5, 0.6) is 5.75 Å². The molecule has 0 aromatic heterocycles. The van der Waals surface area contributed by atoms with Gasteiger partial charge in [0.05, 0.1) is 12.1 Å². The molecule has 0 saturated carbocycles. The van der Waals surface area contributed by atoms with Crippen LogP contribution >= 0.6 is 0 Å². The molecule has 7 nitrogen and oxygen atoms in total. The summed E-state index contributed by atoms with van der Waals surface area (Å²) in [5.41, 5.74) is 0.934. The van der Waals surface area contributed by atoms with E-state index in [2.05, 4.69) is 15.9 Å². The Kier molecular flexibility index (Phi) is 7.87. The fraction of sp³-hybridized carbons (Fsp3) is 0.536. The topological polar surface area (TPSA) is 76.5 Å². The molecular formula is C28H38FN3O4. The molecule has 196 valence electrons. The molecule has 0 bridgehead atoms. The molecule has 1 amide bonds. The molecule has 2 saturated heterocycles. The largest absolute Gasteiger partial charge is 0.490 e. The molecule has 2 aromatic carbocycles. The molecule has 1 atom stereocenters. The van der Waals surface area contributed by atoms with Gasteiger partial charge in [0.1, 0.15) is 23.8 Å². The van der Waals surface area contributed by atoms with E-state index in [1.165, 1.54) is 19.1 Å². The first-order chi connectivity index (χ1) is 17.0. The van der Waals surface area contributed by atoms with Gasteiger partial charge >= 0.3 is 0 Å². The summed E-state index contributed by atoms with van der Waals surface area (Å²) >= 11 is 0. The van der Waals surface area contributed by atoms with Crippen LogP contribution in [0.15, 0.2) is 42.5 Å². The number of amides is 1. The van der Waals surface area contributed by atoms with Gasteiger partial charge in [-0.15, -0.1) is 0 Å². The first-order valence-corrected chi connectivity index (χ1v) is 12.7. The molecule has 2 aliphatic heterocycles. The van der Waals surface area contributed by atoms with Crippen LogP contribution in [-0.2, 0) is 4.79 Å². The van der Waals surface area contributed by atoms with Crippen LogP contribution in [0.4, 0.5) is 10.1 Å². The van der Waals surface area contributed by atoms with Crippen molar-refractivity contribution in [2.24, 2.45) is 0 Å². The van der Waals surface area contributed by atoms with E-state index >= 15 is 0 Å². The van der Waals surface area contributed by atoms with E-state index in [0.717, 1.165) is 16.8 Å². The van der Waals surface area contributed by atoms with Crippen molar-refractivity contribution in [3.63, 3.8) is 0 Å². The van der Waals surface area contributed by atoms with Crippen molar-refractivity contribution in [1.29, 1.82) is 0 Å². The van der Waals surface area contributed by atoms with Crippen molar-refractivity contribution in [2.75, 3.05) is 57.3 Å². The van der Waals surface area contributed by atoms with Crippen molar-refractivity contribution in [1.82, 2.24) is 9.80 Å². The van der Waals surface area contributed by atoms with Crippen LogP contribution in [0, 0.1) is 19.7 Å². The van der Waals surface area contributed by atoms with E-state index in [0.29, 0.717) is 57.9 Å². The van der Waals surface area contributed by atoms with E-state index in [1.54, 1.807) is 17.0 Å². The fourth-order valence-electron chi connectivity index (χ4n) is 5.38. The number of aryl methyl sites for hydroxylation is 2. The number of β-amino-alcohol motifs (C(OH)–C–C–N with tert-alkyl or cyclic N) is 2. The summed E-state index contributed by atoms with van der Waals surface area (Å²) in [6.07, 6.45) is 1.13. The van der Waals surface area contributed by atoms with Gasteiger partial charge in [0.25, 0.3) is 0 Å². The Bertz CT molecular complexity index is 1040. The number of carbonyl (C=O) groups is 1. The van der Waals surface area contributed by atoms with Crippen LogP contribution < -0.4 is 9.64 Å². The van der Waals surface area contributed by atoms with Crippen LogP contribution in [0.1, 0.15) is 30.9 Å². The van der Waals surface area contributed by atoms with E-state index < -0.39 is 11.2 Å². The van der Waals surface area contributed by atoms with Gasteiger partial charge in [0.15, 0.2) is 0 Å². The minimum absolute atomic E-state index is 0.0486. The van der Waals surface area contributed by atoms with E-state index in [4.69, 9.17) is 4.74 Å². The predicted molar refractivity (Wildman–Crippen MR) is 138 cm³/mol. The van der Waals surface area contributed by atoms with Gasteiger partial charge in [-0.25, -0.2) is 4.39 Å². The van der Waals surface area contributed by atoms with Gasteiger partial charge < -0.3 is 24.7 Å². The Morgan fingerprint density at radius 2 is 1.58 bits per heavy atom. The molecule has 4 rings (SSSR count). The summed E-state index contributed by atoms with van der Waals surface area (Å²) in [5, 5.41) is 23.0. The molecule has 1 unspecified atom stereocenters. The Morgan fingerprint density at radius 1 is 0.944 bits per heavy atom. The molecule has 8 heteroatoms. The monoisotopic (exact) mass is 499 g/mol. The lowest BCUT2D eigenvalue weighted by Gasteiger charge is -2.42. The van der Waals surface area contributed by atoms with Crippen molar-refractivity contribution < 1.29 is 24.1 Å². The third-order valence-corrected chi connectivity index (χ3v) is 7.24. The average Bonchev–Trinajstić information content (AvgIpc) is 2.97. The number of halogens is 1. The summed E-state index contributed by atoms with van der Waals surface area (Å²) < 4.78 is 19.3. The van der Waals surface area contributed by atoms with E-state index in [-0.39, 0.29) is 24.9 Å². The second-order valence-electron chi connectivity index (χ2n) is 10.7. The number of benzene rings is 2. The SMILES string of the molecule is CC(=O)N1CCN(CC2(O)CCN(c3ccc(F)cc3)CC2)CC(O)(COc2cc(C)cc(C)c2)C1.